The molecule has 6 heteroatoms. The Morgan fingerprint density at radius 3 is 2.32 bits per heavy atom. The van der Waals surface area contributed by atoms with Crippen molar-refractivity contribution in [3.05, 3.63) is 65.2 Å². The van der Waals surface area contributed by atoms with E-state index in [1.54, 1.807) is 13.0 Å². The van der Waals surface area contributed by atoms with Crippen LogP contribution in [0.4, 0.5) is 8.78 Å². The Hall–Kier alpha value is -2.76. The van der Waals surface area contributed by atoms with Crippen LogP contribution >= 0.6 is 0 Å². The summed E-state index contributed by atoms with van der Waals surface area (Å²) < 4.78 is 31.2. The van der Waals surface area contributed by atoms with E-state index in [0.717, 1.165) is 0 Å². The average Bonchev–Trinajstić information content (AvgIpc) is 2.52. The standard InChI is InChI=1S/C16H14F2N2O2/c1-10(12-5-8-15(22-2)14(18)9-12)19-20-16(21)11-3-6-13(17)7-4-11/h3-9H,1-2H3,(H,20,21)/b19-10-. The van der Waals surface area contributed by atoms with Gasteiger partial charge in [0.15, 0.2) is 11.6 Å². The number of ether oxygens (including phenoxy) is 1. The Morgan fingerprint density at radius 1 is 1.09 bits per heavy atom. The quantitative estimate of drug-likeness (QED) is 0.697. The fourth-order valence-electron chi connectivity index (χ4n) is 1.76. The molecule has 114 valence electrons. The number of nitrogens with one attached hydrogen (secondary N) is 1. The molecule has 1 N–H and O–H groups in total. The summed E-state index contributed by atoms with van der Waals surface area (Å²) in [6, 6.07) is 9.44. The maximum atomic E-state index is 13.6. The van der Waals surface area contributed by atoms with Crippen molar-refractivity contribution >= 4 is 11.6 Å². The van der Waals surface area contributed by atoms with Gasteiger partial charge in [0, 0.05) is 11.1 Å². The maximum Gasteiger partial charge on any atom is 0.271 e. The molecule has 0 unspecified atom stereocenters. The van der Waals surface area contributed by atoms with Crippen molar-refractivity contribution in [3.63, 3.8) is 0 Å². The molecule has 0 radical (unpaired) electrons. The van der Waals surface area contributed by atoms with Gasteiger partial charge in [-0.05, 0) is 49.4 Å². The summed E-state index contributed by atoms with van der Waals surface area (Å²) in [4.78, 5) is 11.8. The van der Waals surface area contributed by atoms with Crippen LogP contribution in [-0.4, -0.2) is 18.7 Å². The van der Waals surface area contributed by atoms with E-state index in [1.165, 1.54) is 43.5 Å². The highest BCUT2D eigenvalue weighted by molar-refractivity contribution is 6.00. The molecule has 0 spiro atoms. The van der Waals surface area contributed by atoms with Gasteiger partial charge in [-0.2, -0.15) is 5.10 Å². The van der Waals surface area contributed by atoms with Crippen molar-refractivity contribution in [1.29, 1.82) is 0 Å². The molecule has 0 heterocycles. The maximum absolute atomic E-state index is 13.6. The van der Waals surface area contributed by atoms with Crippen molar-refractivity contribution in [1.82, 2.24) is 5.43 Å². The van der Waals surface area contributed by atoms with E-state index in [4.69, 9.17) is 4.74 Å². The lowest BCUT2D eigenvalue weighted by Gasteiger charge is -2.06. The van der Waals surface area contributed by atoms with Gasteiger partial charge in [0.25, 0.3) is 5.91 Å². The largest absolute Gasteiger partial charge is 0.494 e. The van der Waals surface area contributed by atoms with Crippen molar-refractivity contribution in [3.8, 4) is 5.75 Å². The molecule has 2 aromatic carbocycles. The predicted octanol–water partition coefficient (Wildman–Crippen LogP) is 3.13. The second-order valence-corrected chi connectivity index (χ2v) is 4.49. The number of carbonyl (C=O) groups is 1. The molecule has 2 rings (SSSR count). The van der Waals surface area contributed by atoms with Crippen molar-refractivity contribution in [2.75, 3.05) is 7.11 Å². The molecule has 0 aliphatic carbocycles. The van der Waals surface area contributed by atoms with E-state index < -0.39 is 17.5 Å². The molecular weight excluding hydrogens is 290 g/mol. The number of amides is 1. The number of carbonyl (C=O) groups excluding carboxylic acids is 1. The highest BCUT2D eigenvalue weighted by Gasteiger charge is 2.07. The topological polar surface area (TPSA) is 50.7 Å². The summed E-state index contributed by atoms with van der Waals surface area (Å²) >= 11 is 0. The summed E-state index contributed by atoms with van der Waals surface area (Å²) in [6.07, 6.45) is 0. The van der Waals surface area contributed by atoms with Crippen LogP contribution in [0.3, 0.4) is 0 Å². The number of nitrogens with zero attached hydrogens (tertiary/aromatic N) is 1. The first-order valence-electron chi connectivity index (χ1n) is 6.45. The summed E-state index contributed by atoms with van der Waals surface area (Å²) in [6.45, 7) is 1.63. The van der Waals surface area contributed by atoms with E-state index >= 15 is 0 Å². The third kappa shape index (κ3) is 3.66. The van der Waals surface area contributed by atoms with Crippen LogP contribution in [0, 0.1) is 11.6 Å². The number of rotatable bonds is 4. The van der Waals surface area contributed by atoms with Gasteiger partial charge in [-0.15, -0.1) is 0 Å². The van der Waals surface area contributed by atoms with Gasteiger partial charge in [-0.3, -0.25) is 4.79 Å². The van der Waals surface area contributed by atoms with Crippen LogP contribution in [0.25, 0.3) is 0 Å². The fourth-order valence-corrected chi connectivity index (χ4v) is 1.76. The Balaban J connectivity index is 2.10. The number of halogens is 2. The van der Waals surface area contributed by atoms with Crippen LogP contribution in [-0.2, 0) is 0 Å². The lowest BCUT2D eigenvalue weighted by atomic mass is 10.1. The number of hydrogen-bond acceptors (Lipinski definition) is 3. The number of methoxy groups -OCH3 is 1. The van der Waals surface area contributed by atoms with Gasteiger partial charge in [0.05, 0.1) is 12.8 Å². The molecule has 4 nitrogen and oxygen atoms in total. The molecule has 0 atom stereocenters. The van der Waals surface area contributed by atoms with Crippen molar-refractivity contribution in [2.24, 2.45) is 5.10 Å². The molecule has 0 aliphatic heterocycles. The average molecular weight is 304 g/mol. The first kappa shape index (κ1) is 15.6. The molecule has 0 saturated carbocycles. The SMILES string of the molecule is COc1ccc(/C(C)=N\NC(=O)c2ccc(F)cc2)cc1F. The summed E-state index contributed by atoms with van der Waals surface area (Å²) in [5.41, 5.74) is 3.55. The van der Waals surface area contributed by atoms with E-state index in [0.29, 0.717) is 11.3 Å². The minimum Gasteiger partial charge on any atom is -0.494 e. The molecular formula is C16H14F2N2O2. The first-order chi connectivity index (χ1) is 10.5. The van der Waals surface area contributed by atoms with Crippen molar-refractivity contribution < 1.29 is 18.3 Å². The summed E-state index contributed by atoms with van der Waals surface area (Å²) in [5, 5.41) is 3.91. The second-order valence-electron chi connectivity index (χ2n) is 4.49. The molecule has 1 amide bonds. The van der Waals surface area contributed by atoms with Gasteiger partial charge in [-0.1, -0.05) is 0 Å². The van der Waals surface area contributed by atoms with E-state index in [-0.39, 0.29) is 11.3 Å². The van der Waals surface area contributed by atoms with Crippen LogP contribution in [0.2, 0.25) is 0 Å². The number of hydrogen-bond donors (Lipinski definition) is 1. The fraction of sp³-hybridized carbons (Fsp3) is 0.125. The third-order valence-electron chi connectivity index (χ3n) is 3.00. The lowest BCUT2D eigenvalue weighted by Crippen LogP contribution is -2.19. The van der Waals surface area contributed by atoms with Crippen LogP contribution in [0.15, 0.2) is 47.6 Å². The van der Waals surface area contributed by atoms with Crippen LogP contribution in [0.5, 0.6) is 5.75 Å². The van der Waals surface area contributed by atoms with E-state index in [2.05, 4.69) is 10.5 Å². The zero-order valence-electron chi connectivity index (χ0n) is 12.1. The highest BCUT2D eigenvalue weighted by Crippen LogP contribution is 2.18. The number of hydrazone groups is 1. The normalized spacial score (nSPS) is 11.2. The van der Waals surface area contributed by atoms with E-state index in [9.17, 15) is 13.6 Å². The molecule has 2 aromatic rings. The lowest BCUT2D eigenvalue weighted by molar-refractivity contribution is 0.0955. The summed E-state index contributed by atoms with van der Waals surface area (Å²) in [5.74, 6) is -1.29. The van der Waals surface area contributed by atoms with Gasteiger partial charge < -0.3 is 4.74 Å². The Morgan fingerprint density at radius 2 is 1.73 bits per heavy atom. The summed E-state index contributed by atoms with van der Waals surface area (Å²) in [7, 11) is 1.38. The smallest absolute Gasteiger partial charge is 0.271 e. The van der Waals surface area contributed by atoms with Gasteiger partial charge in [0.1, 0.15) is 5.82 Å². The molecule has 0 saturated heterocycles. The van der Waals surface area contributed by atoms with Crippen molar-refractivity contribution in [2.45, 2.75) is 6.92 Å². The zero-order valence-corrected chi connectivity index (χ0v) is 12.1. The highest BCUT2D eigenvalue weighted by atomic mass is 19.1. The Labute approximate surface area is 126 Å². The second kappa shape index (κ2) is 6.80. The van der Waals surface area contributed by atoms with Crippen LogP contribution < -0.4 is 10.2 Å². The minimum atomic E-state index is -0.514. The van der Waals surface area contributed by atoms with Gasteiger partial charge >= 0.3 is 0 Å². The molecule has 0 fully saturated rings. The van der Waals surface area contributed by atoms with E-state index in [1.807, 2.05) is 0 Å². The minimum absolute atomic E-state index is 0.131. The third-order valence-corrected chi connectivity index (χ3v) is 3.00. The number of benzene rings is 2. The molecule has 0 aliphatic rings. The van der Waals surface area contributed by atoms with Gasteiger partial charge in [0.2, 0.25) is 0 Å². The van der Waals surface area contributed by atoms with Crippen LogP contribution in [0.1, 0.15) is 22.8 Å². The molecule has 0 bridgehead atoms. The Bertz CT molecular complexity index is 713. The van der Waals surface area contributed by atoms with Gasteiger partial charge in [-0.25, -0.2) is 14.2 Å². The predicted molar refractivity (Wildman–Crippen MR) is 79.0 cm³/mol. The zero-order chi connectivity index (χ0) is 16.1. The Kier molecular flexibility index (Phi) is 4.83. The molecule has 22 heavy (non-hydrogen) atoms. The molecule has 0 aromatic heterocycles. The first-order valence-corrected chi connectivity index (χ1v) is 6.45. The monoisotopic (exact) mass is 304 g/mol.